The summed E-state index contributed by atoms with van der Waals surface area (Å²) in [6.07, 6.45) is 0.259. The van der Waals surface area contributed by atoms with Gasteiger partial charge in [-0.1, -0.05) is 48.0 Å². The lowest BCUT2D eigenvalue weighted by Gasteiger charge is -2.13. The lowest BCUT2D eigenvalue weighted by Crippen LogP contribution is -2.18. The smallest absolute Gasteiger partial charge is 0.234 e. The van der Waals surface area contributed by atoms with E-state index in [0.29, 0.717) is 16.3 Å². The van der Waals surface area contributed by atoms with Crippen LogP contribution in [0.2, 0.25) is 5.02 Å². The van der Waals surface area contributed by atoms with Crippen molar-refractivity contribution in [3.8, 4) is 6.07 Å². The highest BCUT2D eigenvalue weighted by Gasteiger charge is 2.53. The number of benzene rings is 2. The van der Waals surface area contributed by atoms with Gasteiger partial charge in [-0.25, -0.2) is 0 Å². The second-order valence-electron chi connectivity index (χ2n) is 5.89. The summed E-state index contributed by atoms with van der Waals surface area (Å²) in [5, 5.41) is 23.1. The van der Waals surface area contributed by atoms with Gasteiger partial charge in [-0.3, -0.25) is 14.9 Å². The number of amides is 1. The maximum Gasteiger partial charge on any atom is 0.234 e. The lowest BCUT2D eigenvalue weighted by atomic mass is 9.92. The molecule has 7 heteroatoms. The van der Waals surface area contributed by atoms with E-state index in [1.54, 1.807) is 18.2 Å². The highest BCUT2D eigenvalue weighted by molar-refractivity contribution is 6.31. The van der Waals surface area contributed by atoms with Gasteiger partial charge in [0.2, 0.25) is 11.9 Å². The van der Waals surface area contributed by atoms with E-state index < -0.39 is 22.8 Å². The second-order valence-corrected chi connectivity index (χ2v) is 6.30. The minimum absolute atomic E-state index is 0.259. The molecule has 3 atom stereocenters. The number of nitriles is 1. The molecule has 0 saturated heterocycles. The number of anilines is 1. The number of hydrogen-bond acceptors (Lipinski definition) is 4. The zero-order valence-corrected chi connectivity index (χ0v) is 13.8. The first kappa shape index (κ1) is 16.9. The number of nitrogens with one attached hydrogen (secondary N) is 1. The van der Waals surface area contributed by atoms with Crippen molar-refractivity contribution in [1.29, 1.82) is 5.26 Å². The molecule has 1 fully saturated rings. The molecule has 2 aromatic carbocycles. The van der Waals surface area contributed by atoms with Crippen molar-refractivity contribution in [2.24, 2.45) is 5.92 Å². The summed E-state index contributed by atoms with van der Waals surface area (Å²) in [4.78, 5) is 22.2. The van der Waals surface area contributed by atoms with Crippen LogP contribution in [-0.4, -0.2) is 16.9 Å². The molecule has 1 aliphatic rings. The molecule has 1 aliphatic carbocycles. The Morgan fingerprint density at radius 2 is 2.04 bits per heavy atom. The third kappa shape index (κ3) is 3.62. The van der Waals surface area contributed by atoms with Crippen LogP contribution < -0.4 is 5.32 Å². The molecule has 2 aromatic rings. The predicted molar refractivity (Wildman–Crippen MR) is 92.9 cm³/mol. The van der Waals surface area contributed by atoms with Gasteiger partial charge >= 0.3 is 0 Å². The van der Waals surface area contributed by atoms with Crippen LogP contribution in [0.15, 0.2) is 48.5 Å². The third-order valence-electron chi connectivity index (χ3n) is 4.21. The fraction of sp³-hybridized carbons (Fsp3) is 0.222. The van der Waals surface area contributed by atoms with Crippen LogP contribution in [-0.2, 0) is 4.79 Å². The van der Waals surface area contributed by atoms with E-state index in [0.717, 1.165) is 5.56 Å². The maximum atomic E-state index is 12.0. The molecule has 1 amide bonds. The first-order valence-corrected chi connectivity index (χ1v) is 8.07. The van der Waals surface area contributed by atoms with Gasteiger partial charge in [-0.05, 0) is 23.3 Å². The largest absolute Gasteiger partial charge is 0.326 e. The summed E-state index contributed by atoms with van der Waals surface area (Å²) in [5.41, 5.74) is 1.93. The van der Waals surface area contributed by atoms with E-state index in [2.05, 4.69) is 11.4 Å². The van der Waals surface area contributed by atoms with Crippen LogP contribution in [0.5, 0.6) is 0 Å². The summed E-state index contributed by atoms with van der Waals surface area (Å²) < 4.78 is 0. The van der Waals surface area contributed by atoms with Gasteiger partial charge in [0.1, 0.15) is 5.92 Å². The number of nitrogens with zero attached hydrogens (tertiary/aromatic N) is 2. The van der Waals surface area contributed by atoms with E-state index in [1.165, 1.54) is 0 Å². The molecular weight excluding hydrogens is 342 g/mol. The summed E-state index contributed by atoms with van der Waals surface area (Å²) in [5.74, 6) is -1.49. The molecule has 6 nitrogen and oxygen atoms in total. The molecule has 3 rings (SSSR count). The minimum atomic E-state index is -0.796. The highest BCUT2D eigenvalue weighted by atomic mass is 35.5. The Morgan fingerprint density at radius 3 is 2.60 bits per heavy atom. The van der Waals surface area contributed by atoms with Gasteiger partial charge < -0.3 is 5.32 Å². The summed E-state index contributed by atoms with van der Waals surface area (Å²) in [6.45, 7) is 0. The average molecular weight is 356 g/mol. The Bertz CT molecular complexity index is 864. The fourth-order valence-corrected chi connectivity index (χ4v) is 3.03. The summed E-state index contributed by atoms with van der Waals surface area (Å²) in [7, 11) is 0. The van der Waals surface area contributed by atoms with Crippen LogP contribution in [0.3, 0.4) is 0 Å². The molecule has 0 spiro atoms. The van der Waals surface area contributed by atoms with Crippen LogP contribution in [0.4, 0.5) is 5.69 Å². The monoisotopic (exact) mass is 355 g/mol. The Kier molecular flexibility index (Phi) is 4.68. The normalized spacial score (nSPS) is 19.5. The minimum Gasteiger partial charge on any atom is -0.326 e. The first-order valence-electron chi connectivity index (χ1n) is 7.69. The van der Waals surface area contributed by atoms with Gasteiger partial charge in [-0.15, -0.1) is 0 Å². The second kappa shape index (κ2) is 6.91. The van der Waals surface area contributed by atoms with Crippen molar-refractivity contribution in [2.45, 2.75) is 18.4 Å². The molecule has 1 saturated carbocycles. The van der Waals surface area contributed by atoms with Gasteiger partial charge in [-0.2, -0.15) is 5.26 Å². The van der Waals surface area contributed by atoms with Crippen molar-refractivity contribution >= 4 is 23.2 Å². The fourth-order valence-electron chi connectivity index (χ4n) is 2.74. The molecule has 1 N–H and O–H groups in total. The number of halogens is 1. The van der Waals surface area contributed by atoms with Crippen molar-refractivity contribution in [3.63, 3.8) is 0 Å². The Balaban J connectivity index is 1.76. The Labute approximate surface area is 149 Å². The van der Waals surface area contributed by atoms with E-state index in [1.807, 2.05) is 30.3 Å². The van der Waals surface area contributed by atoms with E-state index in [-0.39, 0.29) is 12.3 Å². The van der Waals surface area contributed by atoms with E-state index in [4.69, 9.17) is 11.6 Å². The van der Waals surface area contributed by atoms with E-state index >= 15 is 0 Å². The SMILES string of the molecule is N#CC(c1ccccc1)c1ccc(NC(=O)C2CC2[N+](=O)[O-])cc1Cl. The Morgan fingerprint density at radius 1 is 1.32 bits per heavy atom. The van der Waals surface area contributed by atoms with Crippen molar-refractivity contribution in [2.75, 3.05) is 5.32 Å². The van der Waals surface area contributed by atoms with Crippen molar-refractivity contribution in [3.05, 3.63) is 74.8 Å². The van der Waals surface area contributed by atoms with Gasteiger partial charge in [0.15, 0.2) is 0 Å². The van der Waals surface area contributed by atoms with Crippen molar-refractivity contribution in [1.82, 2.24) is 0 Å². The lowest BCUT2D eigenvalue weighted by molar-refractivity contribution is -0.497. The molecular formula is C18H14ClN3O3. The molecule has 3 unspecified atom stereocenters. The zero-order chi connectivity index (χ0) is 18.0. The van der Waals surface area contributed by atoms with Crippen molar-refractivity contribution < 1.29 is 9.72 Å². The standard InChI is InChI=1S/C18H14ClN3O3/c19-16-8-12(21-18(23)14-9-17(14)22(24)25)6-7-13(16)15(10-20)11-4-2-1-3-5-11/h1-8,14-15,17H,9H2,(H,21,23). The summed E-state index contributed by atoms with van der Waals surface area (Å²) in [6, 6.07) is 15.6. The van der Waals surface area contributed by atoms with Gasteiger partial charge in [0.25, 0.3) is 0 Å². The molecule has 0 heterocycles. The average Bonchev–Trinajstić information content (AvgIpc) is 3.39. The topological polar surface area (TPSA) is 96.0 Å². The molecule has 25 heavy (non-hydrogen) atoms. The molecule has 0 radical (unpaired) electrons. The summed E-state index contributed by atoms with van der Waals surface area (Å²) >= 11 is 6.30. The molecule has 126 valence electrons. The predicted octanol–water partition coefficient (Wildman–Crippen LogP) is 3.60. The van der Waals surface area contributed by atoms with E-state index in [9.17, 15) is 20.2 Å². The van der Waals surface area contributed by atoms with Crippen LogP contribution in [0.1, 0.15) is 23.5 Å². The van der Waals surface area contributed by atoms with Gasteiger partial charge in [0, 0.05) is 22.1 Å². The molecule has 0 bridgehead atoms. The number of nitro groups is 1. The van der Waals surface area contributed by atoms with Crippen LogP contribution in [0, 0.1) is 27.4 Å². The number of carbonyl (C=O) groups excluding carboxylic acids is 1. The zero-order valence-electron chi connectivity index (χ0n) is 13.1. The molecule has 0 aliphatic heterocycles. The maximum absolute atomic E-state index is 12.0. The van der Waals surface area contributed by atoms with Crippen LogP contribution >= 0.6 is 11.6 Å². The number of hydrogen-bond donors (Lipinski definition) is 1. The van der Waals surface area contributed by atoms with Crippen LogP contribution in [0.25, 0.3) is 0 Å². The highest BCUT2D eigenvalue weighted by Crippen LogP contribution is 2.35. The molecule has 0 aromatic heterocycles. The number of carbonyl (C=O) groups is 1. The third-order valence-corrected chi connectivity index (χ3v) is 4.53. The Hall–Kier alpha value is -2.91. The first-order chi connectivity index (χ1) is 12.0. The quantitative estimate of drug-likeness (QED) is 0.654. The van der Waals surface area contributed by atoms with Gasteiger partial charge in [0.05, 0.1) is 12.0 Å². The number of rotatable bonds is 5.